The van der Waals surface area contributed by atoms with Crippen molar-refractivity contribution in [1.29, 1.82) is 0 Å². The lowest BCUT2D eigenvalue weighted by Crippen LogP contribution is -2.50. The maximum atomic E-state index is 12.7. The minimum Gasteiger partial charge on any atom is -0.492 e. The number of nitrogens with one attached hydrogen (secondary N) is 1. The quantitative estimate of drug-likeness (QED) is 0.575. The lowest BCUT2D eigenvalue weighted by atomic mass is 10.2. The fourth-order valence-corrected chi connectivity index (χ4v) is 4.36. The zero-order valence-electron chi connectivity index (χ0n) is 16.5. The highest BCUT2D eigenvalue weighted by Gasteiger charge is 2.31. The van der Waals surface area contributed by atoms with Gasteiger partial charge in [0, 0.05) is 10.0 Å². The van der Waals surface area contributed by atoms with E-state index in [4.69, 9.17) is 27.9 Å². The van der Waals surface area contributed by atoms with Crippen molar-refractivity contribution in [3.63, 3.8) is 0 Å². The molecule has 0 aliphatic rings. The molecule has 2 rings (SSSR count). The highest BCUT2D eigenvalue weighted by Crippen LogP contribution is 2.25. The standard InChI is InChI=1S/C20H24Cl2N2O4S/c1-4-19(24(29(3,26)27)16-7-5-6-15(21)12-16)20(25)23-10-11-28-17-9-8-14(2)18(22)13-17/h5-9,12-13,19H,4,10-11H2,1-3H3,(H,23,25)/t19-/m0/s1. The Bertz CT molecular complexity index is 967. The van der Waals surface area contributed by atoms with E-state index >= 15 is 0 Å². The number of rotatable bonds is 9. The third kappa shape index (κ3) is 6.52. The van der Waals surface area contributed by atoms with Gasteiger partial charge in [-0.1, -0.05) is 42.3 Å². The first-order valence-electron chi connectivity index (χ1n) is 9.05. The molecule has 0 aromatic heterocycles. The van der Waals surface area contributed by atoms with Crippen LogP contribution in [0.4, 0.5) is 5.69 Å². The van der Waals surface area contributed by atoms with Gasteiger partial charge in [0.05, 0.1) is 18.5 Å². The summed E-state index contributed by atoms with van der Waals surface area (Å²) in [6.45, 7) is 4.08. The number of hydrogen-bond donors (Lipinski definition) is 1. The molecule has 0 aliphatic carbocycles. The van der Waals surface area contributed by atoms with Crippen LogP contribution in [-0.4, -0.2) is 39.8 Å². The van der Waals surface area contributed by atoms with Crippen LogP contribution in [0.25, 0.3) is 0 Å². The van der Waals surface area contributed by atoms with Gasteiger partial charge in [-0.15, -0.1) is 0 Å². The molecule has 2 aromatic carbocycles. The second kappa shape index (κ2) is 10.2. The van der Waals surface area contributed by atoms with Gasteiger partial charge < -0.3 is 10.1 Å². The molecule has 0 heterocycles. The zero-order chi connectivity index (χ0) is 21.6. The first-order chi connectivity index (χ1) is 13.6. The predicted octanol–water partition coefficient (Wildman–Crippen LogP) is 4.04. The summed E-state index contributed by atoms with van der Waals surface area (Å²) in [4.78, 5) is 12.7. The molecule has 0 saturated carbocycles. The number of amides is 1. The first-order valence-corrected chi connectivity index (χ1v) is 11.7. The van der Waals surface area contributed by atoms with Crippen LogP contribution in [0, 0.1) is 6.92 Å². The lowest BCUT2D eigenvalue weighted by molar-refractivity contribution is -0.122. The molecule has 0 fully saturated rings. The molecule has 29 heavy (non-hydrogen) atoms. The Labute approximate surface area is 181 Å². The highest BCUT2D eigenvalue weighted by atomic mass is 35.5. The number of ether oxygens (including phenoxy) is 1. The van der Waals surface area contributed by atoms with E-state index in [1.54, 1.807) is 37.3 Å². The number of anilines is 1. The van der Waals surface area contributed by atoms with Gasteiger partial charge in [-0.3, -0.25) is 9.10 Å². The second-order valence-electron chi connectivity index (χ2n) is 6.51. The SMILES string of the molecule is CC[C@@H](C(=O)NCCOc1ccc(C)c(Cl)c1)N(c1cccc(Cl)c1)S(C)(=O)=O. The lowest BCUT2D eigenvalue weighted by Gasteiger charge is -2.30. The normalized spacial score (nSPS) is 12.3. The molecule has 0 saturated heterocycles. The van der Waals surface area contributed by atoms with E-state index in [-0.39, 0.29) is 13.2 Å². The van der Waals surface area contributed by atoms with Crippen molar-refractivity contribution in [3.8, 4) is 5.75 Å². The fourth-order valence-electron chi connectivity index (χ4n) is 2.80. The summed E-state index contributed by atoms with van der Waals surface area (Å²) >= 11 is 12.1. The summed E-state index contributed by atoms with van der Waals surface area (Å²) in [7, 11) is -3.71. The van der Waals surface area contributed by atoms with Gasteiger partial charge in [0.25, 0.3) is 0 Å². The van der Waals surface area contributed by atoms with Crippen molar-refractivity contribution in [2.75, 3.05) is 23.7 Å². The van der Waals surface area contributed by atoms with E-state index in [2.05, 4.69) is 5.32 Å². The number of hydrogen-bond acceptors (Lipinski definition) is 4. The van der Waals surface area contributed by atoms with Crippen LogP contribution < -0.4 is 14.4 Å². The Hall–Kier alpha value is -1.96. The predicted molar refractivity (Wildman–Crippen MR) is 118 cm³/mol. The van der Waals surface area contributed by atoms with Gasteiger partial charge in [-0.05, 0) is 49.2 Å². The molecular weight excluding hydrogens is 435 g/mol. The average molecular weight is 459 g/mol. The van der Waals surface area contributed by atoms with Gasteiger partial charge >= 0.3 is 0 Å². The monoisotopic (exact) mass is 458 g/mol. The van der Waals surface area contributed by atoms with Gasteiger partial charge in [0.2, 0.25) is 15.9 Å². The van der Waals surface area contributed by atoms with E-state index in [1.807, 2.05) is 13.0 Å². The van der Waals surface area contributed by atoms with Crippen LogP contribution in [0.15, 0.2) is 42.5 Å². The van der Waals surface area contributed by atoms with Crippen molar-refractivity contribution in [2.45, 2.75) is 26.3 Å². The fraction of sp³-hybridized carbons (Fsp3) is 0.350. The topological polar surface area (TPSA) is 75.7 Å². The van der Waals surface area contributed by atoms with E-state index < -0.39 is 22.0 Å². The Kier molecular flexibility index (Phi) is 8.19. The first kappa shape index (κ1) is 23.3. The third-order valence-electron chi connectivity index (χ3n) is 4.21. The van der Waals surface area contributed by atoms with E-state index in [0.717, 1.165) is 16.1 Å². The Morgan fingerprint density at radius 1 is 1.21 bits per heavy atom. The largest absolute Gasteiger partial charge is 0.492 e. The van der Waals surface area contributed by atoms with Crippen molar-refractivity contribution in [1.82, 2.24) is 5.32 Å². The van der Waals surface area contributed by atoms with Gasteiger partial charge in [-0.2, -0.15) is 0 Å². The molecule has 0 radical (unpaired) electrons. The minimum absolute atomic E-state index is 0.216. The smallest absolute Gasteiger partial charge is 0.244 e. The summed E-state index contributed by atoms with van der Waals surface area (Å²) in [6.07, 6.45) is 1.36. The Balaban J connectivity index is 2.04. The molecule has 0 bridgehead atoms. The van der Waals surface area contributed by atoms with Crippen LogP contribution in [0.3, 0.4) is 0 Å². The number of halogens is 2. The van der Waals surface area contributed by atoms with Crippen LogP contribution in [-0.2, 0) is 14.8 Å². The van der Waals surface area contributed by atoms with Crippen LogP contribution in [0.2, 0.25) is 10.0 Å². The van der Waals surface area contributed by atoms with Crippen molar-refractivity contribution < 1.29 is 17.9 Å². The van der Waals surface area contributed by atoms with Gasteiger partial charge in [-0.25, -0.2) is 8.42 Å². The summed E-state index contributed by atoms with van der Waals surface area (Å²) in [5.74, 6) is 0.182. The number of carbonyl (C=O) groups excluding carboxylic acids is 1. The molecule has 1 N–H and O–H groups in total. The number of aryl methyl sites for hydroxylation is 1. The van der Waals surface area contributed by atoms with Crippen LogP contribution >= 0.6 is 23.2 Å². The number of carbonyl (C=O) groups is 1. The summed E-state index contributed by atoms with van der Waals surface area (Å²) in [6, 6.07) is 10.8. The molecule has 0 unspecified atom stereocenters. The zero-order valence-corrected chi connectivity index (χ0v) is 18.8. The summed E-state index contributed by atoms with van der Waals surface area (Å²) in [5, 5.41) is 3.72. The molecule has 158 valence electrons. The van der Waals surface area contributed by atoms with Gasteiger partial charge in [0.15, 0.2) is 0 Å². The summed E-state index contributed by atoms with van der Waals surface area (Å²) < 4.78 is 31.5. The molecule has 9 heteroatoms. The van der Waals surface area contributed by atoms with Crippen LogP contribution in [0.1, 0.15) is 18.9 Å². The van der Waals surface area contributed by atoms with Gasteiger partial charge in [0.1, 0.15) is 18.4 Å². The second-order valence-corrected chi connectivity index (χ2v) is 9.22. The molecule has 0 spiro atoms. The van der Waals surface area contributed by atoms with E-state index in [0.29, 0.717) is 27.9 Å². The molecule has 0 aliphatic heterocycles. The Morgan fingerprint density at radius 2 is 1.93 bits per heavy atom. The van der Waals surface area contributed by atoms with E-state index in [1.165, 1.54) is 6.07 Å². The van der Waals surface area contributed by atoms with E-state index in [9.17, 15) is 13.2 Å². The molecule has 6 nitrogen and oxygen atoms in total. The van der Waals surface area contributed by atoms with Crippen LogP contribution in [0.5, 0.6) is 5.75 Å². The Morgan fingerprint density at radius 3 is 2.52 bits per heavy atom. The van der Waals surface area contributed by atoms with Crippen molar-refractivity contribution >= 4 is 44.8 Å². The molecular formula is C20H24Cl2N2O4S. The third-order valence-corrected chi connectivity index (χ3v) is 6.03. The number of nitrogens with zero attached hydrogens (tertiary/aromatic N) is 1. The molecule has 1 amide bonds. The maximum Gasteiger partial charge on any atom is 0.244 e. The molecule has 1 atom stereocenters. The number of benzene rings is 2. The minimum atomic E-state index is -3.71. The highest BCUT2D eigenvalue weighted by molar-refractivity contribution is 7.92. The molecule has 2 aromatic rings. The maximum absolute atomic E-state index is 12.7. The van der Waals surface area contributed by atoms with Crippen molar-refractivity contribution in [2.24, 2.45) is 0 Å². The van der Waals surface area contributed by atoms with Crippen molar-refractivity contribution in [3.05, 3.63) is 58.1 Å². The average Bonchev–Trinajstić information content (AvgIpc) is 2.64. The summed E-state index contributed by atoms with van der Waals surface area (Å²) in [5.41, 5.74) is 1.28. The number of sulfonamides is 1.